The Morgan fingerprint density at radius 1 is 0.917 bits per heavy atom. The van der Waals surface area contributed by atoms with E-state index in [1.807, 2.05) is 0 Å². The van der Waals surface area contributed by atoms with E-state index in [1.165, 1.54) is 30.3 Å². The smallest absolute Gasteiger partial charge is 0.339 e. The van der Waals surface area contributed by atoms with Crippen LogP contribution in [-0.4, -0.2) is 20.1 Å². The summed E-state index contributed by atoms with van der Waals surface area (Å²) >= 11 is 4.40. The van der Waals surface area contributed by atoms with Gasteiger partial charge < -0.3 is 9.13 Å². The van der Waals surface area contributed by atoms with Gasteiger partial charge in [-0.25, -0.2) is 0 Å². The molecule has 0 saturated heterocycles. The van der Waals surface area contributed by atoms with E-state index < -0.39 is 7.02 Å². The highest BCUT2D eigenvalue weighted by molar-refractivity contribution is 9.26. The monoisotopic (exact) mass is 408 g/mol. The fourth-order valence-corrected chi connectivity index (χ4v) is 11.4. The molecule has 0 bridgehead atoms. The number of nitrogens with zero attached hydrogens (tertiary/aromatic N) is 2. The van der Waals surface area contributed by atoms with Gasteiger partial charge in [0.15, 0.2) is 0 Å². The van der Waals surface area contributed by atoms with Gasteiger partial charge in [-0.1, -0.05) is 81.8 Å². The summed E-state index contributed by atoms with van der Waals surface area (Å²) in [5, 5.41) is 0. The molecule has 0 atom stereocenters. The first-order valence-electron chi connectivity index (χ1n) is 9.33. The van der Waals surface area contributed by atoms with Gasteiger partial charge in [-0.15, -0.1) is 0 Å². The predicted octanol–water partition coefficient (Wildman–Crippen LogP) is 6.15. The summed E-state index contributed by atoms with van der Waals surface area (Å²) in [6.07, 6.45) is 2.84. The molecule has 1 aromatic rings. The maximum atomic E-state index is 4.40. The number of hydrogen-bond acceptors (Lipinski definition) is 2. The van der Waals surface area contributed by atoms with Gasteiger partial charge in [0.25, 0.3) is 0 Å². The SMILES string of the molecule is CC(C)(C)CN1c2ccccc2N(CC(C)(C)C)[Si]1(Br)CC1CC1. The Bertz CT molecular complexity index is 555. The van der Waals surface area contributed by atoms with Crippen LogP contribution in [0.3, 0.4) is 0 Å². The van der Waals surface area contributed by atoms with Crippen molar-refractivity contribution >= 4 is 33.7 Å². The molecule has 1 saturated carbocycles. The molecule has 1 aromatic carbocycles. The maximum Gasteiger partial charge on any atom is 0.339 e. The van der Waals surface area contributed by atoms with Crippen LogP contribution in [0.15, 0.2) is 24.3 Å². The molecule has 0 N–H and O–H groups in total. The zero-order valence-electron chi connectivity index (χ0n) is 16.2. The zero-order valence-corrected chi connectivity index (χ0v) is 18.8. The second-order valence-electron chi connectivity index (χ2n) is 10.1. The minimum absolute atomic E-state index is 0.292. The first kappa shape index (κ1) is 18.3. The van der Waals surface area contributed by atoms with Gasteiger partial charge in [0, 0.05) is 13.1 Å². The third-order valence-electron chi connectivity index (χ3n) is 4.80. The summed E-state index contributed by atoms with van der Waals surface area (Å²) in [5.41, 5.74) is 3.47. The fourth-order valence-electron chi connectivity index (χ4n) is 3.71. The Kier molecular flexibility index (Phi) is 4.61. The van der Waals surface area contributed by atoms with Crippen LogP contribution in [0, 0.1) is 16.7 Å². The first-order chi connectivity index (χ1) is 11.0. The summed E-state index contributed by atoms with van der Waals surface area (Å²) in [5.74, 6) is 0.926. The standard InChI is InChI=1S/C20H33BrN2Si/c1-19(2,3)14-22-17-9-7-8-10-18(17)23(15-20(4,5)6)24(22,21)13-16-11-12-16/h7-10,16H,11-15H2,1-6H3. The number of benzene rings is 1. The lowest BCUT2D eigenvalue weighted by atomic mass is 9.96. The van der Waals surface area contributed by atoms with Gasteiger partial charge in [0.2, 0.25) is 0 Å². The van der Waals surface area contributed by atoms with E-state index in [2.05, 4.69) is 90.2 Å². The Balaban J connectivity index is 2.04. The van der Waals surface area contributed by atoms with Crippen molar-refractivity contribution in [3.8, 4) is 0 Å². The number of rotatable bonds is 4. The predicted molar refractivity (Wildman–Crippen MR) is 112 cm³/mol. The molecule has 1 heterocycles. The minimum atomic E-state index is -1.89. The van der Waals surface area contributed by atoms with Crippen LogP contribution in [0.1, 0.15) is 54.4 Å². The third-order valence-corrected chi connectivity index (χ3v) is 11.9. The van der Waals surface area contributed by atoms with E-state index in [1.54, 1.807) is 0 Å². The quantitative estimate of drug-likeness (QED) is 0.435. The van der Waals surface area contributed by atoms with Crippen LogP contribution >= 0.6 is 15.3 Å². The lowest BCUT2D eigenvalue weighted by molar-refractivity contribution is 0.423. The minimum Gasteiger partial charge on any atom is -0.370 e. The molecule has 134 valence electrons. The molecule has 4 heteroatoms. The average molecular weight is 409 g/mol. The number of hydrogen-bond donors (Lipinski definition) is 0. The fraction of sp³-hybridized carbons (Fsp3) is 0.700. The van der Waals surface area contributed by atoms with Crippen LogP contribution in [0.2, 0.25) is 6.04 Å². The second kappa shape index (κ2) is 6.05. The third kappa shape index (κ3) is 3.85. The molecule has 1 aliphatic heterocycles. The van der Waals surface area contributed by atoms with Crippen molar-refractivity contribution in [1.82, 2.24) is 0 Å². The summed E-state index contributed by atoms with van der Waals surface area (Å²) in [6.45, 7) is 16.4. The zero-order chi connectivity index (χ0) is 17.8. The normalized spacial score (nSPS) is 20.5. The molecule has 24 heavy (non-hydrogen) atoms. The molecule has 0 spiro atoms. The molecule has 2 nitrogen and oxygen atoms in total. The van der Waals surface area contributed by atoms with Gasteiger partial charge in [-0.3, -0.25) is 0 Å². The van der Waals surface area contributed by atoms with Gasteiger partial charge in [-0.2, -0.15) is 0 Å². The van der Waals surface area contributed by atoms with Crippen LogP contribution in [0.4, 0.5) is 11.4 Å². The highest BCUT2D eigenvalue weighted by Gasteiger charge is 2.54. The van der Waals surface area contributed by atoms with Gasteiger partial charge in [0.1, 0.15) is 0 Å². The lowest BCUT2D eigenvalue weighted by Crippen LogP contribution is -2.61. The summed E-state index contributed by atoms with van der Waals surface area (Å²) in [6, 6.07) is 10.4. The summed E-state index contributed by atoms with van der Waals surface area (Å²) in [7, 11) is -1.89. The van der Waals surface area contributed by atoms with E-state index in [0.717, 1.165) is 19.0 Å². The first-order valence-corrected chi connectivity index (χ1v) is 13.7. The van der Waals surface area contributed by atoms with Crippen molar-refractivity contribution in [1.29, 1.82) is 0 Å². The number of halogens is 1. The van der Waals surface area contributed by atoms with E-state index >= 15 is 0 Å². The molecule has 3 rings (SSSR count). The van der Waals surface area contributed by atoms with Crippen molar-refractivity contribution in [3.63, 3.8) is 0 Å². The second-order valence-corrected chi connectivity index (χ2v) is 16.9. The van der Waals surface area contributed by atoms with Gasteiger partial charge >= 0.3 is 7.02 Å². The van der Waals surface area contributed by atoms with E-state index in [4.69, 9.17) is 0 Å². The lowest BCUT2D eigenvalue weighted by Gasteiger charge is -2.43. The van der Waals surface area contributed by atoms with E-state index in [0.29, 0.717) is 10.8 Å². The van der Waals surface area contributed by atoms with Crippen molar-refractivity contribution in [2.24, 2.45) is 16.7 Å². The Morgan fingerprint density at radius 3 is 1.67 bits per heavy atom. The van der Waals surface area contributed by atoms with Crippen LogP contribution in [0.25, 0.3) is 0 Å². The van der Waals surface area contributed by atoms with E-state index in [9.17, 15) is 0 Å². The summed E-state index contributed by atoms with van der Waals surface area (Å²) < 4.78 is 5.54. The number of fused-ring (bicyclic) bond motifs is 1. The topological polar surface area (TPSA) is 6.48 Å². The van der Waals surface area contributed by atoms with E-state index in [-0.39, 0.29) is 0 Å². The largest absolute Gasteiger partial charge is 0.370 e. The van der Waals surface area contributed by atoms with Crippen LogP contribution in [-0.2, 0) is 0 Å². The Morgan fingerprint density at radius 2 is 1.33 bits per heavy atom. The van der Waals surface area contributed by atoms with Crippen LogP contribution in [0.5, 0.6) is 0 Å². The van der Waals surface area contributed by atoms with Crippen LogP contribution < -0.4 is 9.13 Å². The molecule has 0 radical (unpaired) electrons. The van der Waals surface area contributed by atoms with Gasteiger partial charge in [-0.05, 0) is 34.9 Å². The average Bonchev–Trinajstić information content (AvgIpc) is 3.20. The highest BCUT2D eigenvalue weighted by Crippen LogP contribution is 2.52. The van der Waals surface area contributed by atoms with Crippen molar-refractivity contribution in [2.75, 3.05) is 22.2 Å². The molecule has 0 aromatic heterocycles. The van der Waals surface area contributed by atoms with Crippen molar-refractivity contribution in [2.45, 2.75) is 60.4 Å². The van der Waals surface area contributed by atoms with Crippen molar-refractivity contribution in [3.05, 3.63) is 24.3 Å². The Hall–Kier alpha value is -0.483. The number of para-hydroxylation sites is 2. The molecule has 0 amide bonds. The van der Waals surface area contributed by atoms with Gasteiger partial charge in [0.05, 0.1) is 11.4 Å². The molecule has 2 aliphatic rings. The molecule has 1 fully saturated rings. The molecule has 0 unspecified atom stereocenters. The Labute approximate surface area is 157 Å². The molecular formula is C20H33BrN2Si. The molecular weight excluding hydrogens is 376 g/mol. The highest BCUT2D eigenvalue weighted by atomic mass is 79.9. The summed E-state index contributed by atoms with van der Waals surface area (Å²) in [4.78, 5) is 0. The van der Waals surface area contributed by atoms with Crippen molar-refractivity contribution < 1.29 is 0 Å². The number of anilines is 2. The maximum absolute atomic E-state index is 4.40. The molecule has 1 aliphatic carbocycles.